The molecule has 18 heavy (non-hydrogen) atoms. The van der Waals surface area contributed by atoms with Gasteiger partial charge in [0.25, 0.3) is 0 Å². The maximum Gasteiger partial charge on any atom is 0.123 e. The minimum atomic E-state index is 0.113. The van der Waals surface area contributed by atoms with Crippen LogP contribution in [0.3, 0.4) is 0 Å². The summed E-state index contributed by atoms with van der Waals surface area (Å²) >= 11 is 0. The van der Waals surface area contributed by atoms with Gasteiger partial charge in [-0.15, -0.1) is 0 Å². The number of phenolic OH excluding ortho intramolecular Hbond substituents is 1. The van der Waals surface area contributed by atoms with Gasteiger partial charge in [0.15, 0.2) is 0 Å². The van der Waals surface area contributed by atoms with E-state index in [9.17, 15) is 10.4 Å². The average Bonchev–Trinajstić information content (AvgIpc) is 2.38. The summed E-state index contributed by atoms with van der Waals surface area (Å²) in [6.07, 6.45) is 0. The quantitative estimate of drug-likeness (QED) is 0.824. The van der Waals surface area contributed by atoms with E-state index in [-0.39, 0.29) is 5.75 Å². The van der Waals surface area contributed by atoms with Crippen molar-refractivity contribution in [2.45, 2.75) is 6.92 Å². The summed E-state index contributed by atoms with van der Waals surface area (Å²) in [6, 6.07) is 14.2. The van der Waals surface area contributed by atoms with Gasteiger partial charge in [0.2, 0.25) is 0 Å². The predicted molar refractivity (Wildman–Crippen MR) is 67.7 cm³/mol. The zero-order chi connectivity index (χ0) is 13.1. The van der Waals surface area contributed by atoms with Crippen LogP contribution in [0.25, 0.3) is 11.1 Å². The van der Waals surface area contributed by atoms with Crippen LogP contribution in [-0.2, 0) is 0 Å². The Morgan fingerprint density at radius 1 is 1.00 bits per heavy atom. The van der Waals surface area contributed by atoms with Gasteiger partial charge in [-0.3, -0.25) is 0 Å². The molecule has 0 aromatic heterocycles. The van der Waals surface area contributed by atoms with Gasteiger partial charge in [0.1, 0.15) is 17.9 Å². The number of benzene rings is 2. The van der Waals surface area contributed by atoms with Gasteiger partial charge >= 0.3 is 0 Å². The van der Waals surface area contributed by atoms with Crippen LogP contribution in [-0.4, -0.2) is 5.11 Å². The lowest BCUT2D eigenvalue weighted by Gasteiger charge is -2.10. The topological polar surface area (TPSA) is 67.8 Å². The SMILES string of the molecule is Cc1cccc(O)c1-c1cccc(C#N)c1C#N. The molecule has 1 N–H and O–H groups in total. The van der Waals surface area contributed by atoms with Gasteiger partial charge in [-0.05, 0) is 24.6 Å². The van der Waals surface area contributed by atoms with Crippen LogP contribution in [0.4, 0.5) is 0 Å². The van der Waals surface area contributed by atoms with E-state index >= 15 is 0 Å². The van der Waals surface area contributed by atoms with Crippen molar-refractivity contribution in [3.8, 4) is 29.0 Å². The molecule has 2 rings (SSSR count). The monoisotopic (exact) mass is 234 g/mol. The number of nitrogens with zero attached hydrogens (tertiary/aromatic N) is 2. The molecule has 0 amide bonds. The second kappa shape index (κ2) is 4.61. The van der Waals surface area contributed by atoms with Crippen LogP contribution in [0.2, 0.25) is 0 Å². The lowest BCUT2D eigenvalue weighted by molar-refractivity contribution is 0.477. The third-order valence-electron chi connectivity index (χ3n) is 2.82. The van der Waals surface area contributed by atoms with Crippen LogP contribution in [0.1, 0.15) is 16.7 Å². The first-order chi connectivity index (χ1) is 8.69. The summed E-state index contributed by atoms with van der Waals surface area (Å²) in [5.41, 5.74) is 2.67. The van der Waals surface area contributed by atoms with E-state index in [1.165, 1.54) is 0 Å². The molecule has 0 saturated heterocycles. The molecule has 0 aliphatic heterocycles. The fraction of sp³-hybridized carbons (Fsp3) is 0.0667. The molecule has 0 radical (unpaired) electrons. The summed E-state index contributed by atoms with van der Waals surface area (Å²) in [7, 11) is 0. The largest absolute Gasteiger partial charge is 0.507 e. The molecule has 3 nitrogen and oxygen atoms in total. The molecule has 0 heterocycles. The normalized spacial score (nSPS) is 9.50. The fourth-order valence-corrected chi connectivity index (χ4v) is 1.98. The zero-order valence-electron chi connectivity index (χ0n) is 9.81. The highest BCUT2D eigenvalue weighted by Gasteiger charge is 2.14. The Labute approximate surface area is 105 Å². The maximum absolute atomic E-state index is 9.94. The number of hydrogen-bond acceptors (Lipinski definition) is 3. The number of aryl methyl sites for hydroxylation is 1. The standard InChI is InChI=1S/C15H10N2O/c1-10-4-2-7-14(18)15(10)12-6-3-5-11(8-16)13(12)9-17/h2-7,18H,1H3. The highest BCUT2D eigenvalue weighted by Crippen LogP contribution is 2.35. The Morgan fingerprint density at radius 2 is 1.72 bits per heavy atom. The number of aromatic hydroxyl groups is 1. The van der Waals surface area contributed by atoms with E-state index in [2.05, 4.69) is 0 Å². The second-order valence-corrected chi connectivity index (χ2v) is 3.92. The number of hydrogen-bond donors (Lipinski definition) is 1. The summed E-state index contributed by atoms with van der Waals surface area (Å²) in [5, 5.41) is 28.1. The van der Waals surface area contributed by atoms with E-state index < -0.39 is 0 Å². The van der Waals surface area contributed by atoms with Crippen molar-refractivity contribution in [3.63, 3.8) is 0 Å². The minimum Gasteiger partial charge on any atom is -0.507 e. The summed E-state index contributed by atoms with van der Waals surface area (Å²) in [5.74, 6) is 0.113. The average molecular weight is 234 g/mol. The van der Waals surface area contributed by atoms with Gasteiger partial charge in [-0.2, -0.15) is 10.5 Å². The fourth-order valence-electron chi connectivity index (χ4n) is 1.98. The number of phenols is 1. The van der Waals surface area contributed by atoms with E-state index in [0.717, 1.165) is 5.56 Å². The molecule has 0 aliphatic carbocycles. The third kappa shape index (κ3) is 1.79. The molecule has 0 saturated carbocycles. The van der Waals surface area contributed by atoms with Crippen molar-refractivity contribution in [1.82, 2.24) is 0 Å². The van der Waals surface area contributed by atoms with Crippen molar-refractivity contribution in [1.29, 1.82) is 10.5 Å². The van der Waals surface area contributed by atoms with Crippen molar-refractivity contribution in [2.75, 3.05) is 0 Å². The molecule has 0 aliphatic rings. The lowest BCUT2D eigenvalue weighted by atomic mass is 9.93. The molecule has 0 bridgehead atoms. The first-order valence-electron chi connectivity index (χ1n) is 5.41. The molecule has 2 aromatic carbocycles. The molecule has 0 atom stereocenters. The van der Waals surface area contributed by atoms with E-state index in [1.807, 2.05) is 25.1 Å². The first-order valence-corrected chi connectivity index (χ1v) is 5.41. The van der Waals surface area contributed by atoms with Crippen molar-refractivity contribution < 1.29 is 5.11 Å². The van der Waals surface area contributed by atoms with Gasteiger partial charge in [-0.25, -0.2) is 0 Å². The lowest BCUT2D eigenvalue weighted by Crippen LogP contribution is -1.92. The Balaban J connectivity index is 2.82. The third-order valence-corrected chi connectivity index (χ3v) is 2.82. The van der Waals surface area contributed by atoms with Crippen LogP contribution < -0.4 is 0 Å². The smallest absolute Gasteiger partial charge is 0.123 e. The van der Waals surface area contributed by atoms with Crippen LogP contribution in [0, 0.1) is 29.6 Å². The van der Waals surface area contributed by atoms with Gasteiger partial charge in [0.05, 0.1) is 11.1 Å². The van der Waals surface area contributed by atoms with Crippen molar-refractivity contribution >= 4 is 0 Å². The molecular weight excluding hydrogens is 224 g/mol. The molecular formula is C15H10N2O. The maximum atomic E-state index is 9.94. The molecule has 0 fully saturated rings. The highest BCUT2D eigenvalue weighted by molar-refractivity contribution is 5.80. The summed E-state index contributed by atoms with van der Waals surface area (Å²) in [4.78, 5) is 0. The van der Waals surface area contributed by atoms with E-state index in [0.29, 0.717) is 22.3 Å². The summed E-state index contributed by atoms with van der Waals surface area (Å²) < 4.78 is 0. The minimum absolute atomic E-state index is 0.113. The molecule has 3 heteroatoms. The van der Waals surface area contributed by atoms with Gasteiger partial charge in [-0.1, -0.05) is 24.3 Å². The van der Waals surface area contributed by atoms with E-state index in [1.54, 1.807) is 30.3 Å². The number of nitriles is 2. The first kappa shape index (κ1) is 11.7. The second-order valence-electron chi connectivity index (χ2n) is 3.92. The molecule has 0 unspecified atom stereocenters. The zero-order valence-corrected chi connectivity index (χ0v) is 9.81. The van der Waals surface area contributed by atoms with Crippen LogP contribution in [0.5, 0.6) is 5.75 Å². The summed E-state index contributed by atoms with van der Waals surface area (Å²) in [6.45, 7) is 1.86. The number of rotatable bonds is 1. The van der Waals surface area contributed by atoms with Gasteiger partial charge in [0, 0.05) is 11.1 Å². The molecule has 2 aromatic rings. The van der Waals surface area contributed by atoms with Crippen molar-refractivity contribution in [2.24, 2.45) is 0 Å². The predicted octanol–water partition coefficient (Wildman–Crippen LogP) is 3.11. The molecule has 86 valence electrons. The van der Waals surface area contributed by atoms with Gasteiger partial charge < -0.3 is 5.11 Å². The van der Waals surface area contributed by atoms with Crippen molar-refractivity contribution in [3.05, 3.63) is 53.1 Å². The Morgan fingerprint density at radius 3 is 2.33 bits per heavy atom. The Bertz CT molecular complexity index is 670. The molecule has 0 spiro atoms. The highest BCUT2D eigenvalue weighted by atomic mass is 16.3. The van der Waals surface area contributed by atoms with Crippen LogP contribution >= 0.6 is 0 Å². The van der Waals surface area contributed by atoms with Crippen LogP contribution in [0.15, 0.2) is 36.4 Å². The Hall–Kier alpha value is -2.78. The van der Waals surface area contributed by atoms with E-state index in [4.69, 9.17) is 5.26 Å². The Kier molecular flexibility index (Phi) is 3.00.